The third-order valence-corrected chi connectivity index (χ3v) is 4.36. The van der Waals surface area contributed by atoms with Crippen molar-refractivity contribution in [2.24, 2.45) is 0 Å². The molecule has 2 heterocycles. The lowest BCUT2D eigenvalue weighted by Gasteiger charge is -2.09. The molecule has 0 radical (unpaired) electrons. The fraction of sp³-hybridized carbons (Fsp3) is 0. The quantitative estimate of drug-likeness (QED) is 0.450. The van der Waals surface area contributed by atoms with E-state index in [1.807, 2.05) is 24.3 Å². The van der Waals surface area contributed by atoms with E-state index in [0.29, 0.717) is 28.4 Å². The van der Waals surface area contributed by atoms with Crippen LogP contribution in [0.15, 0.2) is 72.8 Å². The van der Waals surface area contributed by atoms with Gasteiger partial charge in [0, 0.05) is 11.3 Å². The van der Waals surface area contributed by atoms with Crippen LogP contribution in [0.5, 0.6) is 0 Å². The average Bonchev–Trinajstić information content (AvgIpc) is 3.05. The maximum absolute atomic E-state index is 13.4. The number of hydrogen-bond acceptors (Lipinski definition) is 3. The first-order valence-corrected chi connectivity index (χ1v) is 8.36. The fourth-order valence-corrected chi connectivity index (χ4v) is 3.08. The van der Waals surface area contributed by atoms with E-state index in [-0.39, 0.29) is 11.6 Å². The second-order valence-electron chi connectivity index (χ2n) is 6.11. The van der Waals surface area contributed by atoms with Crippen molar-refractivity contribution >= 4 is 22.3 Å². The molecule has 27 heavy (non-hydrogen) atoms. The molecular formula is C21H12F2N4. The molecule has 0 N–H and O–H groups in total. The Balaban J connectivity index is 1.86. The number of imidazole rings is 1. The van der Waals surface area contributed by atoms with Crippen molar-refractivity contribution in [3.05, 3.63) is 84.4 Å². The van der Waals surface area contributed by atoms with Crippen LogP contribution in [0.25, 0.3) is 39.4 Å². The van der Waals surface area contributed by atoms with Crippen molar-refractivity contribution in [2.75, 3.05) is 0 Å². The van der Waals surface area contributed by atoms with Crippen molar-refractivity contribution < 1.29 is 8.78 Å². The van der Waals surface area contributed by atoms with Gasteiger partial charge >= 0.3 is 0 Å². The van der Waals surface area contributed by atoms with Gasteiger partial charge in [-0.1, -0.05) is 12.1 Å². The van der Waals surface area contributed by atoms with Gasteiger partial charge < -0.3 is 0 Å². The number of benzene rings is 3. The third kappa shape index (κ3) is 2.62. The second-order valence-corrected chi connectivity index (χ2v) is 6.11. The normalized spacial score (nSPS) is 11.3. The Morgan fingerprint density at radius 3 is 1.89 bits per heavy atom. The fourth-order valence-electron chi connectivity index (χ4n) is 3.08. The SMILES string of the molecule is Fc1ccc(-c2nc3nc4ccccc4nc3n2-c2ccc(F)cc2)cc1. The molecule has 0 aliphatic rings. The van der Waals surface area contributed by atoms with Crippen LogP contribution in [0.2, 0.25) is 0 Å². The van der Waals surface area contributed by atoms with Crippen LogP contribution in [0.4, 0.5) is 8.78 Å². The summed E-state index contributed by atoms with van der Waals surface area (Å²) in [4.78, 5) is 13.9. The Morgan fingerprint density at radius 2 is 1.22 bits per heavy atom. The number of aromatic nitrogens is 4. The average molecular weight is 358 g/mol. The molecule has 0 aliphatic carbocycles. The second kappa shape index (κ2) is 5.95. The monoisotopic (exact) mass is 358 g/mol. The summed E-state index contributed by atoms with van der Waals surface area (Å²) in [5.41, 5.74) is 3.91. The molecule has 5 aromatic rings. The van der Waals surface area contributed by atoms with Crippen molar-refractivity contribution in [3.63, 3.8) is 0 Å². The molecule has 5 rings (SSSR count). The molecule has 0 bridgehead atoms. The molecule has 0 saturated heterocycles. The minimum absolute atomic E-state index is 0.329. The third-order valence-electron chi connectivity index (χ3n) is 4.36. The Labute approximate surface area is 152 Å². The standard InChI is InChI=1S/C21H12F2N4/c22-14-7-5-13(6-8-14)20-26-19-21(25-18-4-2-1-3-17(18)24-19)27(20)16-11-9-15(23)10-12-16/h1-12H. The van der Waals surface area contributed by atoms with Crippen LogP contribution >= 0.6 is 0 Å². The predicted octanol–water partition coefficient (Wildman–Crippen LogP) is 4.91. The zero-order valence-corrected chi connectivity index (χ0v) is 14.0. The molecule has 0 unspecified atom stereocenters. The van der Waals surface area contributed by atoms with Gasteiger partial charge in [-0.2, -0.15) is 0 Å². The lowest BCUT2D eigenvalue weighted by Crippen LogP contribution is -1.99. The first kappa shape index (κ1) is 15.6. The smallest absolute Gasteiger partial charge is 0.199 e. The van der Waals surface area contributed by atoms with Crippen LogP contribution in [0.1, 0.15) is 0 Å². The summed E-state index contributed by atoms with van der Waals surface area (Å²) in [5.74, 6) is -0.0971. The highest BCUT2D eigenvalue weighted by atomic mass is 19.1. The Kier molecular flexibility index (Phi) is 3.43. The summed E-state index contributed by atoms with van der Waals surface area (Å²) >= 11 is 0. The Hall–Kier alpha value is -3.67. The molecule has 130 valence electrons. The summed E-state index contributed by atoms with van der Waals surface area (Å²) < 4.78 is 28.6. The van der Waals surface area contributed by atoms with Crippen molar-refractivity contribution in [2.45, 2.75) is 0 Å². The van der Waals surface area contributed by atoms with E-state index in [0.717, 1.165) is 11.0 Å². The van der Waals surface area contributed by atoms with Crippen LogP contribution < -0.4 is 0 Å². The van der Waals surface area contributed by atoms with Gasteiger partial charge in [0.15, 0.2) is 11.3 Å². The Morgan fingerprint density at radius 1 is 0.630 bits per heavy atom. The molecule has 6 heteroatoms. The van der Waals surface area contributed by atoms with Gasteiger partial charge in [-0.05, 0) is 60.7 Å². The van der Waals surface area contributed by atoms with E-state index in [2.05, 4.69) is 9.97 Å². The highest BCUT2D eigenvalue weighted by Crippen LogP contribution is 2.28. The highest BCUT2D eigenvalue weighted by molar-refractivity contribution is 5.86. The van der Waals surface area contributed by atoms with Gasteiger partial charge in [-0.3, -0.25) is 4.57 Å². The zero-order chi connectivity index (χ0) is 18.4. The molecule has 0 atom stereocenters. The largest absolute Gasteiger partial charge is 0.275 e. The van der Waals surface area contributed by atoms with Crippen molar-refractivity contribution in [1.82, 2.24) is 19.5 Å². The highest BCUT2D eigenvalue weighted by Gasteiger charge is 2.17. The van der Waals surface area contributed by atoms with Crippen LogP contribution in [-0.2, 0) is 0 Å². The zero-order valence-electron chi connectivity index (χ0n) is 14.0. The van der Waals surface area contributed by atoms with Gasteiger partial charge in [0.25, 0.3) is 0 Å². The lowest BCUT2D eigenvalue weighted by atomic mass is 10.2. The minimum atomic E-state index is -0.331. The van der Waals surface area contributed by atoms with Crippen molar-refractivity contribution in [3.8, 4) is 17.1 Å². The van der Waals surface area contributed by atoms with Crippen LogP contribution in [0.3, 0.4) is 0 Å². The first-order valence-electron chi connectivity index (χ1n) is 8.36. The molecule has 0 saturated carbocycles. The minimum Gasteiger partial charge on any atom is -0.275 e. The van der Waals surface area contributed by atoms with Gasteiger partial charge in [0.2, 0.25) is 0 Å². The van der Waals surface area contributed by atoms with Crippen molar-refractivity contribution in [1.29, 1.82) is 0 Å². The van der Waals surface area contributed by atoms with Gasteiger partial charge in [0.05, 0.1) is 11.0 Å². The first-order chi connectivity index (χ1) is 13.2. The number of hydrogen-bond donors (Lipinski definition) is 0. The number of halogens is 2. The summed E-state index contributed by atoms with van der Waals surface area (Å²) in [7, 11) is 0. The number of para-hydroxylation sites is 2. The Bertz CT molecular complexity index is 1280. The van der Waals surface area contributed by atoms with Gasteiger partial charge in [-0.25, -0.2) is 23.7 Å². The lowest BCUT2D eigenvalue weighted by molar-refractivity contribution is 0.627. The summed E-state index contributed by atoms with van der Waals surface area (Å²) in [5, 5.41) is 0. The van der Waals surface area contributed by atoms with E-state index in [1.54, 1.807) is 28.8 Å². The maximum Gasteiger partial charge on any atom is 0.199 e. The topological polar surface area (TPSA) is 43.6 Å². The molecular weight excluding hydrogens is 346 g/mol. The van der Waals surface area contributed by atoms with E-state index < -0.39 is 0 Å². The predicted molar refractivity (Wildman–Crippen MR) is 99.5 cm³/mol. The summed E-state index contributed by atoms with van der Waals surface area (Å²) in [6.07, 6.45) is 0. The van der Waals surface area contributed by atoms with Crippen LogP contribution in [0, 0.1) is 11.6 Å². The molecule has 0 aliphatic heterocycles. The molecule has 0 amide bonds. The molecule has 3 aromatic carbocycles. The van der Waals surface area contributed by atoms with Gasteiger partial charge in [0.1, 0.15) is 17.5 Å². The molecule has 0 fully saturated rings. The number of rotatable bonds is 2. The van der Waals surface area contributed by atoms with E-state index >= 15 is 0 Å². The van der Waals surface area contributed by atoms with E-state index in [4.69, 9.17) is 4.98 Å². The van der Waals surface area contributed by atoms with E-state index in [9.17, 15) is 8.78 Å². The molecule has 4 nitrogen and oxygen atoms in total. The summed E-state index contributed by atoms with van der Waals surface area (Å²) in [6.45, 7) is 0. The van der Waals surface area contributed by atoms with Crippen LogP contribution in [-0.4, -0.2) is 19.5 Å². The number of nitrogens with zero attached hydrogens (tertiary/aromatic N) is 4. The number of fused-ring (bicyclic) bond motifs is 2. The molecule has 2 aromatic heterocycles. The summed E-state index contributed by atoms with van der Waals surface area (Å²) in [6, 6.07) is 19.6. The molecule has 0 spiro atoms. The van der Waals surface area contributed by atoms with Gasteiger partial charge in [-0.15, -0.1) is 0 Å². The maximum atomic E-state index is 13.4. The van der Waals surface area contributed by atoms with E-state index in [1.165, 1.54) is 24.3 Å².